The van der Waals surface area contributed by atoms with Crippen LogP contribution in [-0.4, -0.2) is 48.1 Å². The second kappa shape index (κ2) is 8.93. The number of ether oxygens (including phenoxy) is 1. The number of allylic oxidation sites excluding steroid dienone is 1. The SMILES string of the molecule is CC1CCC/C(N2CCNC2)=C(/OC2Cc3ccccc3C2)C(O)N1c1ccccc1. The molecular formula is C26H33N3O2. The van der Waals surface area contributed by atoms with Crippen molar-refractivity contribution in [2.75, 3.05) is 24.7 Å². The van der Waals surface area contributed by atoms with E-state index < -0.39 is 6.23 Å². The molecule has 0 radical (unpaired) electrons. The van der Waals surface area contributed by atoms with Crippen molar-refractivity contribution in [3.8, 4) is 0 Å². The normalized spacial score (nSPS) is 27.2. The first-order valence-corrected chi connectivity index (χ1v) is 11.6. The van der Waals surface area contributed by atoms with Crippen LogP contribution >= 0.6 is 0 Å². The number of nitrogens with one attached hydrogen (secondary N) is 1. The summed E-state index contributed by atoms with van der Waals surface area (Å²) in [6, 6.07) is 19.1. The molecule has 2 unspecified atom stereocenters. The van der Waals surface area contributed by atoms with Crippen molar-refractivity contribution >= 4 is 5.69 Å². The van der Waals surface area contributed by atoms with Crippen molar-refractivity contribution in [1.29, 1.82) is 0 Å². The first-order chi connectivity index (χ1) is 15.2. The van der Waals surface area contributed by atoms with Gasteiger partial charge in [0.15, 0.2) is 12.0 Å². The summed E-state index contributed by atoms with van der Waals surface area (Å²) in [5, 5.41) is 15.2. The van der Waals surface area contributed by atoms with Gasteiger partial charge >= 0.3 is 0 Å². The van der Waals surface area contributed by atoms with Gasteiger partial charge in [0.05, 0.1) is 12.4 Å². The maximum Gasteiger partial charge on any atom is 0.188 e. The van der Waals surface area contributed by atoms with E-state index in [9.17, 15) is 5.11 Å². The van der Waals surface area contributed by atoms with Crippen LogP contribution in [0.3, 0.4) is 0 Å². The molecule has 0 amide bonds. The van der Waals surface area contributed by atoms with Crippen LogP contribution in [0.1, 0.15) is 37.3 Å². The standard InChI is InChI=1S/C26H33N3O2/c1-19-8-7-13-24(28-15-14-27-18-28)25(26(30)29(19)22-11-3-2-4-12-22)31-23-16-20-9-5-6-10-21(20)17-23/h2-6,9-12,19,23,26-27,30H,7-8,13-18H2,1H3/b25-24-. The average Bonchev–Trinajstić information content (AvgIpc) is 3.45. The van der Waals surface area contributed by atoms with Gasteiger partial charge in [0.2, 0.25) is 0 Å². The quantitative estimate of drug-likeness (QED) is 0.792. The fourth-order valence-corrected chi connectivity index (χ4v) is 5.30. The maximum atomic E-state index is 11.8. The summed E-state index contributed by atoms with van der Waals surface area (Å²) in [5.74, 6) is 0.747. The lowest BCUT2D eigenvalue weighted by Gasteiger charge is -2.40. The predicted molar refractivity (Wildman–Crippen MR) is 124 cm³/mol. The highest BCUT2D eigenvalue weighted by molar-refractivity contribution is 5.49. The Morgan fingerprint density at radius 3 is 2.39 bits per heavy atom. The third-order valence-electron chi connectivity index (χ3n) is 6.90. The smallest absolute Gasteiger partial charge is 0.188 e. The minimum atomic E-state index is -0.794. The molecule has 31 heavy (non-hydrogen) atoms. The van der Waals surface area contributed by atoms with Gasteiger partial charge in [-0.25, -0.2) is 0 Å². The molecule has 2 atom stereocenters. The maximum absolute atomic E-state index is 11.8. The van der Waals surface area contributed by atoms with Crippen molar-refractivity contribution in [2.24, 2.45) is 0 Å². The fourth-order valence-electron chi connectivity index (χ4n) is 5.30. The van der Waals surface area contributed by atoms with Gasteiger partial charge < -0.3 is 19.6 Å². The third-order valence-corrected chi connectivity index (χ3v) is 6.90. The van der Waals surface area contributed by atoms with Gasteiger partial charge in [-0.15, -0.1) is 0 Å². The van der Waals surface area contributed by atoms with Crippen molar-refractivity contribution in [1.82, 2.24) is 10.2 Å². The summed E-state index contributed by atoms with van der Waals surface area (Å²) < 4.78 is 6.73. The lowest BCUT2D eigenvalue weighted by molar-refractivity contribution is 0.0419. The Labute approximate surface area is 185 Å². The molecule has 164 valence electrons. The summed E-state index contributed by atoms with van der Waals surface area (Å²) in [5.41, 5.74) is 4.94. The Morgan fingerprint density at radius 1 is 1.00 bits per heavy atom. The zero-order valence-corrected chi connectivity index (χ0v) is 18.3. The Kier molecular flexibility index (Phi) is 5.88. The molecule has 0 aromatic heterocycles. The summed E-state index contributed by atoms with van der Waals surface area (Å²) in [6.07, 6.45) is 4.15. The van der Waals surface area contributed by atoms with E-state index in [1.165, 1.54) is 16.8 Å². The summed E-state index contributed by atoms with van der Waals surface area (Å²) in [4.78, 5) is 4.50. The number of hydrogen-bond donors (Lipinski definition) is 2. The van der Waals surface area contributed by atoms with E-state index in [0.717, 1.165) is 63.3 Å². The molecule has 1 fully saturated rings. The molecule has 3 aliphatic rings. The molecule has 2 N–H and O–H groups in total. The molecule has 5 rings (SSSR count). The molecule has 5 nitrogen and oxygen atoms in total. The van der Waals surface area contributed by atoms with Crippen LogP contribution in [0.2, 0.25) is 0 Å². The minimum Gasteiger partial charge on any atom is -0.487 e. The van der Waals surface area contributed by atoms with Gasteiger partial charge in [-0.05, 0) is 49.4 Å². The second-order valence-corrected chi connectivity index (χ2v) is 9.01. The number of anilines is 1. The number of aliphatic hydroxyl groups is 1. The number of aliphatic hydroxyl groups excluding tert-OH is 1. The molecule has 2 aliphatic heterocycles. The molecule has 0 saturated carbocycles. The minimum absolute atomic E-state index is 0.0694. The summed E-state index contributed by atoms with van der Waals surface area (Å²) >= 11 is 0. The lowest BCUT2D eigenvalue weighted by atomic mass is 10.0. The van der Waals surface area contributed by atoms with Crippen molar-refractivity contribution in [3.63, 3.8) is 0 Å². The molecule has 5 heteroatoms. The zero-order valence-electron chi connectivity index (χ0n) is 18.3. The molecule has 1 saturated heterocycles. The Morgan fingerprint density at radius 2 is 1.71 bits per heavy atom. The number of hydrogen-bond acceptors (Lipinski definition) is 5. The van der Waals surface area contributed by atoms with Crippen molar-refractivity contribution in [3.05, 3.63) is 77.2 Å². The van der Waals surface area contributed by atoms with Crippen LogP contribution in [0, 0.1) is 0 Å². The molecule has 2 aromatic carbocycles. The van der Waals surface area contributed by atoms with E-state index in [-0.39, 0.29) is 12.1 Å². The van der Waals surface area contributed by atoms with E-state index >= 15 is 0 Å². The number of fused-ring (bicyclic) bond motifs is 1. The third kappa shape index (κ3) is 4.17. The topological polar surface area (TPSA) is 48.0 Å². The average molecular weight is 420 g/mol. The van der Waals surface area contributed by atoms with Crippen molar-refractivity contribution in [2.45, 2.75) is 57.4 Å². The largest absolute Gasteiger partial charge is 0.487 e. The van der Waals surface area contributed by atoms with Crippen molar-refractivity contribution < 1.29 is 9.84 Å². The Bertz CT molecular complexity index is 898. The lowest BCUT2D eigenvalue weighted by Crippen LogP contribution is -2.46. The van der Waals surface area contributed by atoms with E-state index in [0.29, 0.717) is 0 Å². The zero-order chi connectivity index (χ0) is 21.2. The first kappa shape index (κ1) is 20.4. The monoisotopic (exact) mass is 419 g/mol. The summed E-state index contributed by atoms with van der Waals surface area (Å²) in [7, 11) is 0. The van der Waals surface area contributed by atoms with Gasteiger partial charge in [-0.1, -0.05) is 42.5 Å². The van der Waals surface area contributed by atoms with Crippen LogP contribution < -0.4 is 10.2 Å². The Hall–Kier alpha value is -2.50. The van der Waals surface area contributed by atoms with Gasteiger partial charge in [0.25, 0.3) is 0 Å². The van der Waals surface area contributed by atoms with Gasteiger partial charge in [-0.3, -0.25) is 5.32 Å². The highest BCUT2D eigenvalue weighted by atomic mass is 16.5. The van der Waals surface area contributed by atoms with E-state index in [2.05, 4.69) is 58.4 Å². The summed E-state index contributed by atoms with van der Waals surface area (Å²) in [6.45, 7) is 4.96. The van der Waals surface area contributed by atoms with Gasteiger partial charge in [-0.2, -0.15) is 0 Å². The highest BCUT2D eigenvalue weighted by Gasteiger charge is 2.35. The highest BCUT2D eigenvalue weighted by Crippen LogP contribution is 2.34. The molecule has 0 spiro atoms. The van der Waals surface area contributed by atoms with Crippen LogP contribution in [-0.2, 0) is 17.6 Å². The van der Waals surface area contributed by atoms with Gasteiger partial charge in [0.1, 0.15) is 6.10 Å². The van der Waals surface area contributed by atoms with Crippen LogP contribution in [0.15, 0.2) is 66.1 Å². The molecule has 1 aliphatic carbocycles. The Balaban J connectivity index is 1.50. The second-order valence-electron chi connectivity index (χ2n) is 9.01. The van der Waals surface area contributed by atoms with Crippen LogP contribution in [0.25, 0.3) is 0 Å². The number of benzene rings is 2. The first-order valence-electron chi connectivity index (χ1n) is 11.6. The predicted octanol–water partition coefficient (Wildman–Crippen LogP) is 3.64. The van der Waals surface area contributed by atoms with Crippen LogP contribution in [0.4, 0.5) is 5.69 Å². The molecule has 2 aromatic rings. The number of nitrogens with zero attached hydrogens (tertiary/aromatic N) is 2. The molecule has 2 heterocycles. The van der Waals surface area contributed by atoms with E-state index in [1.54, 1.807) is 0 Å². The molecule has 0 bridgehead atoms. The number of rotatable bonds is 4. The van der Waals surface area contributed by atoms with E-state index in [1.807, 2.05) is 18.2 Å². The number of para-hydroxylation sites is 1. The fraction of sp³-hybridized carbons (Fsp3) is 0.462. The molecular weight excluding hydrogens is 386 g/mol. The van der Waals surface area contributed by atoms with Gasteiger partial charge in [0, 0.05) is 37.7 Å². The van der Waals surface area contributed by atoms with Crippen LogP contribution in [0.5, 0.6) is 0 Å². The van der Waals surface area contributed by atoms with E-state index in [4.69, 9.17) is 4.74 Å².